The summed E-state index contributed by atoms with van der Waals surface area (Å²) in [6.07, 6.45) is 4.91. The van der Waals surface area contributed by atoms with Gasteiger partial charge in [-0.1, -0.05) is 6.42 Å². The Morgan fingerprint density at radius 2 is 2.20 bits per heavy atom. The van der Waals surface area contributed by atoms with Crippen molar-refractivity contribution < 1.29 is 9.59 Å². The lowest BCUT2D eigenvalue weighted by atomic mass is 10.0. The first-order valence-corrected chi connectivity index (χ1v) is 5.47. The van der Waals surface area contributed by atoms with Gasteiger partial charge in [0.05, 0.1) is 6.54 Å². The second kappa shape index (κ2) is 6.40. The number of rotatable bonds is 5. The van der Waals surface area contributed by atoms with Crippen LogP contribution < -0.4 is 16.4 Å². The molecule has 86 valence electrons. The summed E-state index contributed by atoms with van der Waals surface area (Å²) in [5.41, 5.74) is 4.91. The number of hydrogen-bond donors (Lipinski definition) is 3. The molecule has 0 spiro atoms. The maximum absolute atomic E-state index is 11.2. The molecule has 1 fully saturated rings. The Hall–Kier alpha value is -1.10. The quantitative estimate of drug-likeness (QED) is 0.576. The summed E-state index contributed by atoms with van der Waals surface area (Å²) in [5, 5.41) is 5.85. The van der Waals surface area contributed by atoms with Crippen LogP contribution in [-0.2, 0) is 9.59 Å². The van der Waals surface area contributed by atoms with Crippen LogP contribution in [0, 0.1) is 0 Å². The maximum atomic E-state index is 11.2. The van der Waals surface area contributed by atoms with Gasteiger partial charge in [0.2, 0.25) is 11.8 Å². The number of piperidine rings is 1. The fourth-order valence-electron chi connectivity index (χ4n) is 1.75. The molecule has 1 rings (SSSR count). The van der Waals surface area contributed by atoms with Crippen LogP contribution in [0.1, 0.15) is 32.1 Å². The van der Waals surface area contributed by atoms with Gasteiger partial charge in [-0.05, 0) is 25.8 Å². The molecule has 0 bridgehead atoms. The third-order valence-corrected chi connectivity index (χ3v) is 2.59. The van der Waals surface area contributed by atoms with Gasteiger partial charge in [-0.2, -0.15) is 0 Å². The van der Waals surface area contributed by atoms with Gasteiger partial charge in [-0.25, -0.2) is 0 Å². The molecule has 5 heteroatoms. The molecule has 0 aromatic heterocycles. The van der Waals surface area contributed by atoms with E-state index in [0.717, 1.165) is 19.4 Å². The Balaban J connectivity index is 2.07. The molecule has 1 atom stereocenters. The SMILES string of the molecule is NC(=O)CNC(=O)CCC1CCCCN1. The summed E-state index contributed by atoms with van der Waals surface area (Å²) >= 11 is 0. The molecule has 0 radical (unpaired) electrons. The third-order valence-electron chi connectivity index (χ3n) is 2.59. The van der Waals surface area contributed by atoms with Crippen molar-refractivity contribution in [2.75, 3.05) is 13.1 Å². The molecule has 0 saturated carbocycles. The Morgan fingerprint density at radius 1 is 1.40 bits per heavy atom. The molecule has 0 aromatic carbocycles. The van der Waals surface area contributed by atoms with Crippen LogP contribution in [0.4, 0.5) is 0 Å². The number of amides is 2. The molecule has 1 aliphatic rings. The molecule has 4 N–H and O–H groups in total. The molecule has 15 heavy (non-hydrogen) atoms. The summed E-state index contributed by atoms with van der Waals surface area (Å²) in [5.74, 6) is -0.597. The number of carbonyl (C=O) groups is 2. The number of carbonyl (C=O) groups excluding carboxylic acids is 2. The lowest BCUT2D eigenvalue weighted by Gasteiger charge is -2.22. The van der Waals surface area contributed by atoms with E-state index in [1.807, 2.05) is 0 Å². The van der Waals surface area contributed by atoms with Gasteiger partial charge in [0.25, 0.3) is 0 Å². The number of hydrogen-bond acceptors (Lipinski definition) is 3. The average Bonchev–Trinajstić information content (AvgIpc) is 2.25. The van der Waals surface area contributed by atoms with Crippen molar-refractivity contribution in [3.05, 3.63) is 0 Å². The van der Waals surface area contributed by atoms with Crippen molar-refractivity contribution in [2.45, 2.75) is 38.1 Å². The predicted molar refractivity (Wildman–Crippen MR) is 57.1 cm³/mol. The molecule has 1 unspecified atom stereocenters. The molecule has 2 amide bonds. The zero-order valence-electron chi connectivity index (χ0n) is 8.92. The van der Waals surface area contributed by atoms with E-state index in [4.69, 9.17) is 5.73 Å². The highest BCUT2D eigenvalue weighted by Crippen LogP contribution is 2.11. The summed E-state index contributed by atoms with van der Waals surface area (Å²) in [7, 11) is 0. The summed E-state index contributed by atoms with van der Waals surface area (Å²) in [6.45, 7) is 0.991. The normalized spacial score (nSPS) is 20.9. The molecule has 1 aliphatic heterocycles. The van der Waals surface area contributed by atoms with Gasteiger partial charge in [0, 0.05) is 12.5 Å². The zero-order valence-corrected chi connectivity index (χ0v) is 8.92. The monoisotopic (exact) mass is 213 g/mol. The first-order chi connectivity index (χ1) is 7.18. The number of nitrogens with two attached hydrogens (primary N) is 1. The Bertz CT molecular complexity index is 225. The third kappa shape index (κ3) is 5.37. The smallest absolute Gasteiger partial charge is 0.236 e. The van der Waals surface area contributed by atoms with Crippen molar-refractivity contribution in [3.8, 4) is 0 Å². The maximum Gasteiger partial charge on any atom is 0.236 e. The van der Waals surface area contributed by atoms with Gasteiger partial charge in [-0.3, -0.25) is 9.59 Å². The fourth-order valence-corrected chi connectivity index (χ4v) is 1.75. The van der Waals surface area contributed by atoms with Crippen LogP contribution in [0.25, 0.3) is 0 Å². The lowest BCUT2D eigenvalue weighted by molar-refractivity contribution is -0.124. The van der Waals surface area contributed by atoms with Crippen molar-refractivity contribution in [1.82, 2.24) is 10.6 Å². The van der Waals surface area contributed by atoms with E-state index in [0.29, 0.717) is 12.5 Å². The predicted octanol–water partition coefficient (Wildman–Crippen LogP) is -0.490. The van der Waals surface area contributed by atoms with Crippen LogP contribution in [0.3, 0.4) is 0 Å². The number of primary amides is 1. The first kappa shape index (κ1) is 12.0. The first-order valence-electron chi connectivity index (χ1n) is 5.47. The Kier molecular flexibility index (Phi) is 5.10. The van der Waals surface area contributed by atoms with E-state index in [-0.39, 0.29) is 12.5 Å². The fraction of sp³-hybridized carbons (Fsp3) is 0.800. The van der Waals surface area contributed by atoms with Crippen LogP contribution in [-0.4, -0.2) is 30.9 Å². The van der Waals surface area contributed by atoms with Crippen LogP contribution >= 0.6 is 0 Å². The highest BCUT2D eigenvalue weighted by Gasteiger charge is 2.13. The van der Waals surface area contributed by atoms with E-state index in [1.165, 1.54) is 12.8 Å². The summed E-state index contributed by atoms with van der Waals surface area (Å²) in [6, 6.07) is 0.457. The van der Waals surface area contributed by atoms with Crippen molar-refractivity contribution in [3.63, 3.8) is 0 Å². The minimum absolute atomic E-state index is 0.0586. The van der Waals surface area contributed by atoms with Gasteiger partial charge >= 0.3 is 0 Å². The highest BCUT2D eigenvalue weighted by atomic mass is 16.2. The zero-order chi connectivity index (χ0) is 11.1. The minimum atomic E-state index is -0.501. The number of nitrogens with one attached hydrogen (secondary N) is 2. The van der Waals surface area contributed by atoms with Crippen molar-refractivity contribution in [1.29, 1.82) is 0 Å². The van der Waals surface area contributed by atoms with E-state index in [9.17, 15) is 9.59 Å². The second-order valence-electron chi connectivity index (χ2n) is 3.93. The molecule has 1 saturated heterocycles. The second-order valence-corrected chi connectivity index (χ2v) is 3.93. The molecule has 0 aromatic rings. The molecular weight excluding hydrogens is 194 g/mol. The van der Waals surface area contributed by atoms with E-state index in [1.54, 1.807) is 0 Å². The average molecular weight is 213 g/mol. The van der Waals surface area contributed by atoms with Crippen LogP contribution in [0.2, 0.25) is 0 Å². The van der Waals surface area contributed by atoms with Gasteiger partial charge in [0.15, 0.2) is 0 Å². The van der Waals surface area contributed by atoms with E-state index >= 15 is 0 Å². The lowest BCUT2D eigenvalue weighted by Crippen LogP contribution is -2.37. The van der Waals surface area contributed by atoms with E-state index in [2.05, 4.69) is 10.6 Å². The minimum Gasteiger partial charge on any atom is -0.368 e. The summed E-state index contributed by atoms with van der Waals surface area (Å²) in [4.78, 5) is 21.6. The molecule has 5 nitrogen and oxygen atoms in total. The van der Waals surface area contributed by atoms with Crippen LogP contribution in [0.5, 0.6) is 0 Å². The van der Waals surface area contributed by atoms with Gasteiger partial charge < -0.3 is 16.4 Å². The van der Waals surface area contributed by atoms with Gasteiger partial charge in [0.1, 0.15) is 0 Å². The van der Waals surface area contributed by atoms with Crippen molar-refractivity contribution in [2.24, 2.45) is 5.73 Å². The van der Waals surface area contributed by atoms with Crippen molar-refractivity contribution >= 4 is 11.8 Å². The molecule has 1 heterocycles. The van der Waals surface area contributed by atoms with Crippen LogP contribution in [0.15, 0.2) is 0 Å². The largest absolute Gasteiger partial charge is 0.368 e. The van der Waals surface area contributed by atoms with E-state index < -0.39 is 5.91 Å². The highest BCUT2D eigenvalue weighted by molar-refractivity contribution is 5.83. The van der Waals surface area contributed by atoms with Gasteiger partial charge in [-0.15, -0.1) is 0 Å². The topological polar surface area (TPSA) is 84.2 Å². The Morgan fingerprint density at radius 3 is 2.80 bits per heavy atom. The standard InChI is InChI=1S/C10H19N3O2/c11-9(14)7-13-10(15)5-4-8-3-1-2-6-12-8/h8,12H,1-7H2,(H2,11,14)(H,13,15). The summed E-state index contributed by atoms with van der Waals surface area (Å²) < 4.78 is 0. The Labute approximate surface area is 89.8 Å². The molecule has 0 aliphatic carbocycles. The molecular formula is C10H19N3O2.